The number of thioether (sulfide) groups is 1. The fourth-order valence-corrected chi connectivity index (χ4v) is 5.81. The Morgan fingerprint density at radius 1 is 1.09 bits per heavy atom. The molecule has 0 radical (unpaired) electrons. The summed E-state index contributed by atoms with van der Waals surface area (Å²) in [5.74, 6) is 1.80. The second kappa shape index (κ2) is 10.3. The number of urea groups is 1. The summed E-state index contributed by atoms with van der Waals surface area (Å²) in [5.41, 5.74) is 3.29. The molecule has 2 heterocycles. The van der Waals surface area contributed by atoms with Crippen molar-refractivity contribution in [1.29, 1.82) is 0 Å². The van der Waals surface area contributed by atoms with Crippen molar-refractivity contribution in [3.05, 3.63) is 59.7 Å². The number of nitrogens with one attached hydrogen (secondary N) is 1. The standard InChI is InChI=1S/C27H35N3O3S/c1-27(2,3)21-11-9-20(10-12-21)25-30(24(31)18-34-25)17-19-13-15-29(16-14-19)26(32)28-22-7-5-6-8-23(22)33-4/h5-12,19,25H,13-18H2,1-4H3,(H,28,32). The molecule has 0 aromatic heterocycles. The van der Waals surface area contributed by atoms with Crippen molar-refractivity contribution in [2.75, 3.05) is 37.8 Å². The van der Waals surface area contributed by atoms with Crippen LogP contribution in [-0.2, 0) is 10.2 Å². The van der Waals surface area contributed by atoms with E-state index in [2.05, 4.69) is 50.4 Å². The number of hydrogen-bond donors (Lipinski definition) is 1. The fourth-order valence-electron chi connectivity index (χ4n) is 4.61. The van der Waals surface area contributed by atoms with E-state index in [0.29, 0.717) is 36.2 Å². The lowest BCUT2D eigenvalue weighted by atomic mass is 9.86. The van der Waals surface area contributed by atoms with Crippen molar-refractivity contribution in [2.24, 2.45) is 5.92 Å². The molecule has 1 unspecified atom stereocenters. The monoisotopic (exact) mass is 481 g/mol. The Balaban J connectivity index is 1.33. The Morgan fingerprint density at radius 3 is 2.41 bits per heavy atom. The second-order valence-electron chi connectivity index (χ2n) is 10.1. The molecule has 2 aliphatic heterocycles. The molecule has 2 aliphatic rings. The lowest BCUT2D eigenvalue weighted by Crippen LogP contribution is -2.44. The molecule has 34 heavy (non-hydrogen) atoms. The van der Waals surface area contributed by atoms with Crippen LogP contribution in [0.3, 0.4) is 0 Å². The summed E-state index contributed by atoms with van der Waals surface area (Å²) in [6, 6.07) is 16.1. The third-order valence-electron chi connectivity index (χ3n) is 6.74. The topological polar surface area (TPSA) is 61.9 Å². The summed E-state index contributed by atoms with van der Waals surface area (Å²) in [6.07, 6.45) is 1.78. The Hall–Kier alpha value is -2.67. The minimum atomic E-state index is -0.104. The summed E-state index contributed by atoms with van der Waals surface area (Å²) in [5, 5.41) is 3.04. The molecule has 2 aromatic rings. The Kier molecular flexibility index (Phi) is 7.41. The van der Waals surface area contributed by atoms with E-state index >= 15 is 0 Å². The highest BCUT2D eigenvalue weighted by Crippen LogP contribution is 2.40. The molecule has 7 heteroatoms. The number of rotatable bonds is 5. The van der Waals surface area contributed by atoms with E-state index in [-0.39, 0.29) is 22.7 Å². The number of methoxy groups -OCH3 is 1. The van der Waals surface area contributed by atoms with Gasteiger partial charge in [0.1, 0.15) is 11.1 Å². The van der Waals surface area contributed by atoms with Gasteiger partial charge in [0.05, 0.1) is 18.6 Å². The molecule has 2 fully saturated rings. The first-order valence-electron chi connectivity index (χ1n) is 12.0. The molecular formula is C27H35N3O3S. The van der Waals surface area contributed by atoms with Crippen LogP contribution >= 0.6 is 11.8 Å². The van der Waals surface area contributed by atoms with Crippen molar-refractivity contribution in [1.82, 2.24) is 9.80 Å². The van der Waals surface area contributed by atoms with Gasteiger partial charge in [0.2, 0.25) is 5.91 Å². The van der Waals surface area contributed by atoms with E-state index in [1.165, 1.54) is 11.1 Å². The van der Waals surface area contributed by atoms with Crippen LogP contribution in [0.2, 0.25) is 0 Å². The average Bonchev–Trinajstić information content (AvgIpc) is 3.19. The molecule has 3 amide bonds. The van der Waals surface area contributed by atoms with Crippen molar-refractivity contribution in [2.45, 2.75) is 44.4 Å². The van der Waals surface area contributed by atoms with Crippen molar-refractivity contribution < 1.29 is 14.3 Å². The van der Waals surface area contributed by atoms with Gasteiger partial charge >= 0.3 is 6.03 Å². The van der Waals surface area contributed by atoms with Crippen LogP contribution in [0.15, 0.2) is 48.5 Å². The maximum Gasteiger partial charge on any atom is 0.321 e. The van der Waals surface area contributed by atoms with Crippen molar-refractivity contribution in [3.63, 3.8) is 0 Å². The normalized spacial score (nSPS) is 19.4. The largest absolute Gasteiger partial charge is 0.495 e. The number of likely N-dealkylation sites (tertiary alicyclic amines) is 1. The number of amides is 3. The Labute approximate surface area is 207 Å². The minimum absolute atomic E-state index is 0.0772. The van der Waals surface area contributed by atoms with E-state index < -0.39 is 0 Å². The predicted octanol–water partition coefficient (Wildman–Crippen LogP) is 5.51. The number of carbonyl (C=O) groups excluding carboxylic acids is 2. The van der Waals surface area contributed by atoms with Crippen LogP contribution in [0.4, 0.5) is 10.5 Å². The number of nitrogens with zero attached hydrogens (tertiary/aromatic N) is 2. The zero-order valence-electron chi connectivity index (χ0n) is 20.5. The van der Waals surface area contributed by atoms with Crippen LogP contribution < -0.4 is 10.1 Å². The fraction of sp³-hybridized carbons (Fsp3) is 0.481. The molecule has 6 nitrogen and oxygen atoms in total. The second-order valence-corrected chi connectivity index (χ2v) is 11.2. The van der Waals surface area contributed by atoms with Crippen LogP contribution in [0.1, 0.15) is 50.1 Å². The van der Waals surface area contributed by atoms with Gasteiger partial charge in [-0.1, -0.05) is 57.2 Å². The minimum Gasteiger partial charge on any atom is -0.495 e. The van der Waals surface area contributed by atoms with Gasteiger partial charge in [-0.25, -0.2) is 4.79 Å². The van der Waals surface area contributed by atoms with Crippen LogP contribution in [0.5, 0.6) is 5.75 Å². The molecular weight excluding hydrogens is 446 g/mol. The van der Waals surface area contributed by atoms with E-state index in [4.69, 9.17) is 4.74 Å². The van der Waals surface area contributed by atoms with Gasteiger partial charge in [0, 0.05) is 19.6 Å². The summed E-state index contributed by atoms with van der Waals surface area (Å²) >= 11 is 1.71. The lowest BCUT2D eigenvalue weighted by molar-refractivity contribution is -0.128. The highest BCUT2D eigenvalue weighted by Gasteiger charge is 2.35. The van der Waals surface area contributed by atoms with Crippen LogP contribution in [0.25, 0.3) is 0 Å². The zero-order chi connectivity index (χ0) is 24.3. The Morgan fingerprint density at radius 2 is 1.76 bits per heavy atom. The maximum absolute atomic E-state index is 12.8. The summed E-state index contributed by atoms with van der Waals surface area (Å²) < 4.78 is 5.33. The third-order valence-corrected chi connectivity index (χ3v) is 7.99. The van der Waals surface area contributed by atoms with Gasteiger partial charge in [-0.15, -0.1) is 11.8 Å². The highest BCUT2D eigenvalue weighted by atomic mass is 32.2. The molecule has 2 saturated heterocycles. The smallest absolute Gasteiger partial charge is 0.321 e. The SMILES string of the molecule is COc1ccccc1NC(=O)N1CCC(CN2C(=O)CSC2c2ccc(C(C)(C)C)cc2)CC1. The van der Waals surface area contributed by atoms with E-state index in [0.717, 1.165) is 19.4 Å². The number of carbonyl (C=O) groups is 2. The van der Waals surface area contributed by atoms with Crippen LogP contribution in [0, 0.1) is 5.92 Å². The lowest BCUT2D eigenvalue weighted by Gasteiger charge is -2.35. The number of para-hydroxylation sites is 2. The molecule has 0 aliphatic carbocycles. The van der Waals surface area contributed by atoms with Gasteiger partial charge < -0.3 is 19.9 Å². The number of ether oxygens (including phenoxy) is 1. The number of piperidine rings is 1. The maximum atomic E-state index is 12.8. The predicted molar refractivity (Wildman–Crippen MR) is 138 cm³/mol. The van der Waals surface area contributed by atoms with E-state index in [1.807, 2.05) is 34.1 Å². The van der Waals surface area contributed by atoms with Gasteiger partial charge in [-0.05, 0) is 47.4 Å². The molecule has 1 N–H and O–H groups in total. The first-order valence-corrected chi connectivity index (χ1v) is 13.0. The first-order chi connectivity index (χ1) is 16.3. The molecule has 1 atom stereocenters. The molecule has 4 rings (SSSR count). The molecule has 2 aromatic carbocycles. The molecule has 0 bridgehead atoms. The quantitative estimate of drug-likeness (QED) is 0.612. The van der Waals surface area contributed by atoms with Gasteiger partial charge in [0.25, 0.3) is 0 Å². The van der Waals surface area contributed by atoms with Gasteiger partial charge in [-0.2, -0.15) is 0 Å². The highest BCUT2D eigenvalue weighted by molar-refractivity contribution is 8.00. The zero-order valence-corrected chi connectivity index (χ0v) is 21.4. The van der Waals surface area contributed by atoms with Gasteiger partial charge in [0.15, 0.2) is 0 Å². The number of benzene rings is 2. The van der Waals surface area contributed by atoms with Gasteiger partial charge in [-0.3, -0.25) is 4.79 Å². The summed E-state index contributed by atoms with van der Waals surface area (Å²) in [7, 11) is 1.60. The van der Waals surface area contributed by atoms with E-state index in [1.54, 1.807) is 18.9 Å². The first kappa shape index (κ1) is 24.5. The summed E-state index contributed by atoms with van der Waals surface area (Å²) in [4.78, 5) is 29.4. The molecule has 182 valence electrons. The third kappa shape index (κ3) is 5.52. The molecule has 0 saturated carbocycles. The van der Waals surface area contributed by atoms with Crippen LogP contribution in [-0.4, -0.2) is 54.2 Å². The summed E-state index contributed by atoms with van der Waals surface area (Å²) in [6.45, 7) is 8.76. The number of anilines is 1. The van der Waals surface area contributed by atoms with Crippen molar-refractivity contribution >= 4 is 29.4 Å². The average molecular weight is 482 g/mol. The van der Waals surface area contributed by atoms with E-state index in [9.17, 15) is 9.59 Å². The molecule has 0 spiro atoms. The van der Waals surface area contributed by atoms with Crippen molar-refractivity contribution in [3.8, 4) is 5.75 Å². The number of hydrogen-bond acceptors (Lipinski definition) is 4. The Bertz CT molecular complexity index is 1010.